The number of benzene rings is 3. The van der Waals surface area contributed by atoms with Gasteiger partial charge in [-0.25, -0.2) is 0 Å². The maximum Gasteiger partial charge on any atom is 0.196 e. The predicted molar refractivity (Wildman–Crippen MR) is 121 cm³/mol. The quantitative estimate of drug-likeness (QED) is 0.237. The predicted octanol–water partition coefficient (Wildman–Crippen LogP) is 6.33. The van der Waals surface area contributed by atoms with Crippen LogP contribution in [0.15, 0.2) is 88.5 Å². The number of carbonyl (C=O) groups is 1. The van der Waals surface area contributed by atoms with Crippen molar-refractivity contribution < 1.29 is 4.79 Å². The SMILES string of the molecule is O=C(CSc1nnc(-c2cccc(Cl)c2)n1-c1ccccc1)c1cccc(Br)c1. The minimum atomic E-state index is 0.0308. The molecule has 4 rings (SSSR count). The van der Waals surface area contributed by atoms with Gasteiger partial charge in [0.15, 0.2) is 16.8 Å². The lowest BCUT2D eigenvalue weighted by Crippen LogP contribution is -2.05. The molecule has 0 aliphatic rings. The lowest BCUT2D eigenvalue weighted by Gasteiger charge is -2.10. The molecule has 3 aromatic carbocycles. The summed E-state index contributed by atoms with van der Waals surface area (Å²) >= 11 is 10.9. The minimum absolute atomic E-state index is 0.0308. The van der Waals surface area contributed by atoms with Gasteiger partial charge in [-0.3, -0.25) is 9.36 Å². The Kier molecular flexibility index (Phi) is 6.13. The molecule has 0 unspecified atom stereocenters. The summed E-state index contributed by atoms with van der Waals surface area (Å²) in [6.45, 7) is 0. The number of Topliss-reactive ketones (excluding diaryl/α,β-unsaturated/α-hetero) is 1. The van der Waals surface area contributed by atoms with E-state index in [0.29, 0.717) is 21.6 Å². The Morgan fingerprint density at radius 1 is 0.966 bits per heavy atom. The Balaban J connectivity index is 1.68. The van der Waals surface area contributed by atoms with Crippen LogP contribution in [0, 0.1) is 0 Å². The molecule has 0 amide bonds. The summed E-state index contributed by atoms with van der Waals surface area (Å²) in [4.78, 5) is 12.6. The van der Waals surface area contributed by atoms with Crippen molar-refractivity contribution in [2.45, 2.75) is 5.16 Å². The number of nitrogens with zero attached hydrogens (tertiary/aromatic N) is 3. The highest BCUT2D eigenvalue weighted by Crippen LogP contribution is 2.29. The standard InChI is InChI=1S/C22H15BrClN3OS/c23-17-8-4-6-15(12-17)20(28)14-29-22-26-25-21(16-7-5-9-18(24)13-16)27(22)19-10-2-1-3-11-19/h1-13H,14H2. The average Bonchev–Trinajstić information content (AvgIpc) is 3.16. The van der Waals surface area contributed by atoms with Crippen molar-refractivity contribution in [3.8, 4) is 17.1 Å². The highest BCUT2D eigenvalue weighted by molar-refractivity contribution is 9.10. The largest absolute Gasteiger partial charge is 0.293 e. The molecule has 0 N–H and O–H groups in total. The number of hydrogen-bond donors (Lipinski definition) is 0. The molecule has 0 spiro atoms. The minimum Gasteiger partial charge on any atom is -0.293 e. The molecule has 1 aromatic heterocycles. The van der Waals surface area contributed by atoms with Gasteiger partial charge in [-0.1, -0.05) is 81.8 Å². The van der Waals surface area contributed by atoms with Gasteiger partial charge in [0, 0.05) is 26.3 Å². The third kappa shape index (κ3) is 4.61. The lowest BCUT2D eigenvalue weighted by molar-refractivity contribution is 0.102. The van der Waals surface area contributed by atoms with E-state index >= 15 is 0 Å². The zero-order valence-electron chi connectivity index (χ0n) is 15.1. The van der Waals surface area contributed by atoms with E-state index in [2.05, 4.69) is 26.1 Å². The third-order valence-corrected chi connectivity index (χ3v) is 5.87. The summed E-state index contributed by atoms with van der Waals surface area (Å²) in [6.07, 6.45) is 0. The normalized spacial score (nSPS) is 10.8. The van der Waals surface area contributed by atoms with E-state index in [9.17, 15) is 4.79 Å². The molecule has 1 heterocycles. The fourth-order valence-electron chi connectivity index (χ4n) is 2.86. The van der Waals surface area contributed by atoms with E-state index < -0.39 is 0 Å². The molecular formula is C22H15BrClN3OS. The highest BCUT2D eigenvalue weighted by Gasteiger charge is 2.18. The number of para-hydroxylation sites is 1. The van der Waals surface area contributed by atoms with Crippen molar-refractivity contribution in [2.24, 2.45) is 0 Å². The zero-order valence-corrected chi connectivity index (χ0v) is 18.3. The van der Waals surface area contributed by atoms with Crippen molar-refractivity contribution >= 4 is 45.1 Å². The van der Waals surface area contributed by atoms with Gasteiger partial charge in [-0.2, -0.15) is 0 Å². The van der Waals surface area contributed by atoms with Crippen LogP contribution in [0.25, 0.3) is 17.1 Å². The summed E-state index contributed by atoms with van der Waals surface area (Å²) in [5, 5.41) is 10.0. The van der Waals surface area contributed by atoms with E-state index in [1.165, 1.54) is 11.8 Å². The summed E-state index contributed by atoms with van der Waals surface area (Å²) in [7, 11) is 0. The van der Waals surface area contributed by atoms with Gasteiger partial charge in [0.2, 0.25) is 0 Å². The molecule has 0 fully saturated rings. The second-order valence-electron chi connectivity index (χ2n) is 6.21. The molecule has 0 radical (unpaired) electrons. The molecule has 0 aliphatic heterocycles. The number of carbonyl (C=O) groups excluding carboxylic acids is 1. The van der Waals surface area contributed by atoms with Crippen LogP contribution in [0.2, 0.25) is 5.02 Å². The maximum atomic E-state index is 12.6. The second-order valence-corrected chi connectivity index (χ2v) is 8.50. The summed E-state index contributed by atoms with van der Waals surface area (Å²) < 4.78 is 2.83. The Morgan fingerprint density at radius 2 is 1.76 bits per heavy atom. The van der Waals surface area contributed by atoms with Gasteiger partial charge in [0.1, 0.15) is 0 Å². The van der Waals surface area contributed by atoms with Crippen molar-refractivity contribution in [1.82, 2.24) is 14.8 Å². The van der Waals surface area contributed by atoms with Crippen LogP contribution in [0.4, 0.5) is 0 Å². The molecule has 0 bridgehead atoms. The fraction of sp³-hybridized carbons (Fsp3) is 0.0455. The smallest absolute Gasteiger partial charge is 0.196 e. The van der Waals surface area contributed by atoms with Gasteiger partial charge in [-0.05, 0) is 36.4 Å². The zero-order chi connectivity index (χ0) is 20.2. The molecular weight excluding hydrogens is 470 g/mol. The van der Waals surface area contributed by atoms with Crippen LogP contribution in [0.5, 0.6) is 0 Å². The first-order valence-electron chi connectivity index (χ1n) is 8.80. The molecule has 4 aromatic rings. The number of rotatable bonds is 6. The van der Waals surface area contributed by atoms with Crippen molar-refractivity contribution in [1.29, 1.82) is 0 Å². The first-order chi connectivity index (χ1) is 14.1. The van der Waals surface area contributed by atoms with Crippen LogP contribution in [-0.4, -0.2) is 26.3 Å². The first kappa shape index (κ1) is 19.9. The van der Waals surface area contributed by atoms with Gasteiger partial charge < -0.3 is 0 Å². The number of thioether (sulfide) groups is 1. The van der Waals surface area contributed by atoms with Crippen molar-refractivity contribution in [3.05, 3.63) is 93.9 Å². The fourth-order valence-corrected chi connectivity index (χ4v) is 4.30. The van der Waals surface area contributed by atoms with Gasteiger partial charge >= 0.3 is 0 Å². The van der Waals surface area contributed by atoms with E-state index in [1.807, 2.05) is 83.4 Å². The monoisotopic (exact) mass is 483 g/mol. The number of ketones is 1. The summed E-state index contributed by atoms with van der Waals surface area (Å²) in [6, 6.07) is 24.7. The van der Waals surface area contributed by atoms with Gasteiger partial charge in [-0.15, -0.1) is 10.2 Å². The lowest BCUT2D eigenvalue weighted by atomic mass is 10.2. The molecule has 29 heavy (non-hydrogen) atoms. The van der Waals surface area contributed by atoms with E-state index in [4.69, 9.17) is 11.6 Å². The molecule has 0 aliphatic carbocycles. The van der Waals surface area contributed by atoms with Crippen molar-refractivity contribution in [3.63, 3.8) is 0 Å². The van der Waals surface area contributed by atoms with Gasteiger partial charge in [0.25, 0.3) is 0 Å². The van der Waals surface area contributed by atoms with Crippen LogP contribution in [0.3, 0.4) is 0 Å². The molecule has 4 nitrogen and oxygen atoms in total. The van der Waals surface area contributed by atoms with E-state index in [-0.39, 0.29) is 11.5 Å². The maximum absolute atomic E-state index is 12.6. The number of hydrogen-bond acceptors (Lipinski definition) is 4. The molecule has 0 atom stereocenters. The molecule has 0 saturated carbocycles. The Bertz CT molecular complexity index is 1160. The average molecular weight is 485 g/mol. The number of aromatic nitrogens is 3. The van der Waals surface area contributed by atoms with Crippen LogP contribution < -0.4 is 0 Å². The Morgan fingerprint density at radius 3 is 2.52 bits per heavy atom. The Labute approximate surface area is 186 Å². The number of halogens is 2. The third-order valence-electron chi connectivity index (χ3n) is 4.21. The van der Waals surface area contributed by atoms with Crippen LogP contribution in [0.1, 0.15) is 10.4 Å². The summed E-state index contributed by atoms with van der Waals surface area (Å²) in [5.74, 6) is 0.969. The van der Waals surface area contributed by atoms with E-state index in [1.54, 1.807) is 0 Å². The molecule has 7 heteroatoms. The first-order valence-corrected chi connectivity index (χ1v) is 11.0. The van der Waals surface area contributed by atoms with Gasteiger partial charge in [0.05, 0.1) is 5.75 Å². The van der Waals surface area contributed by atoms with Crippen LogP contribution >= 0.6 is 39.3 Å². The second kappa shape index (κ2) is 8.95. The van der Waals surface area contributed by atoms with E-state index in [0.717, 1.165) is 15.7 Å². The highest BCUT2D eigenvalue weighted by atomic mass is 79.9. The Hall–Kier alpha value is -2.41. The summed E-state index contributed by atoms with van der Waals surface area (Å²) in [5.41, 5.74) is 2.44. The topological polar surface area (TPSA) is 47.8 Å². The van der Waals surface area contributed by atoms with Crippen LogP contribution in [-0.2, 0) is 0 Å². The molecule has 0 saturated heterocycles. The molecule has 144 valence electrons. The van der Waals surface area contributed by atoms with Crippen molar-refractivity contribution in [2.75, 3.05) is 5.75 Å².